The minimum atomic E-state index is -0.353. The van der Waals surface area contributed by atoms with Gasteiger partial charge in [0.2, 0.25) is 5.91 Å². The lowest BCUT2D eigenvalue weighted by Crippen LogP contribution is -2.42. The second-order valence-electron chi connectivity index (χ2n) is 5.00. The lowest BCUT2D eigenvalue weighted by molar-refractivity contribution is -0.123. The van der Waals surface area contributed by atoms with Gasteiger partial charge in [-0.1, -0.05) is 19.8 Å². The molecule has 0 saturated carbocycles. The molecule has 0 bridgehead atoms. The predicted octanol–water partition coefficient (Wildman–Crippen LogP) is 2.76. The van der Waals surface area contributed by atoms with Crippen molar-refractivity contribution in [1.82, 2.24) is 5.32 Å². The molecule has 1 aromatic rings. The summed E-state index contributed by atoms with van der Waals surface area (Å²) in [6.45, 7) is 2.11. The van der Waals surface area contributed by atoms with E-state index in [1.807, 2.05) is 0 Å². The van der Waals surface area contributed by atoms with Crippen LogP contribution in [0.4, 0.5) is 0 Å². The van der Waals surface area contributed by atoms with Gasteiger partial charge in [0.1, 0.15) is 0 Å². The summed E-state index contributed by atoms with van der Waals surface area (Å²) in [5, 5.41) is 5.23. The molecule has 0 saturated heterocycles. The van der Waals surface area contributed by atoms with Crippen LogP contribution in [0, 0.1) is 0 Å². The minimum absolute atomic E-state index is 0.00694. The Morgan fingerprint density at radius 3 is 3.28 bits per heavy atom. The molecule has 0 aromatic carbocycles. The van der Waals surface area contributed by atoms with E-state index in [1.54, 1.807) is 11.3 Å². The fraction of sp³-hybridized carbons (Fsp3) is 0.643. The molecule has 1 aliphatic rings. The lowest BCUT2D eigenvalue weighted by atomic mass is 9.93. The molecule has 1 heterocycles. The Hall–Kier alpha value is -0.870. The summed E-state index contributed by atoms with van der Waals surface area (Å²) in [5.74, 6) is 0.00694. The number of hydrogen-bond donors (Lipinski definition) is 2. The van der Waals surface area contributed by atoms with Crippen molar-refractivity contribution in [3.63, 3.8) is 0 Å². The zero-order valence-corrected chi connectivity index (χ0v) is 11.8. The van der Waals surface area contributed by atoms with Crippen molar-refractivity contribution < 1.29 is 4.79 Å². The van der Waals surface area contributed by atoms with Gasteiger partial charge in [0.15, 0.2) is 0 Å². The Bertz CT molecular complexity index is 402. The number of aryl methyl sites for hydroxylation is 1. The quantitative estimate of drug-likeness (QED) is 0.861. The molecule has 0 radical (unpaired) electrons. The fourth-order valence-corrected chi connectivity index (χ4v) is 3.46. The molecular formula is C14H22N2OS. The predicted molar refractivity (Wildman–Crippen MR) is 75.6 cm³/mol. The van der Waals surface area contributed by atoms with Gasteiger partial charge in [-0.2, -0.15) is 0 Å². The SMILES string of the molecule is CCCCC(N)C(=O)NC1CCCc2sccc21. The van der Waals surface area contributed by atoms with Gasteiger partial charge in [-0.3, -0.25) is 4.79 Å². The van der Waals surface area contributed by atoms with Crippen LogP contribution in [0.2, 0.25) is 0 Å². The number of nitrogens with two attached hydrogens (primary N) is 1. The molecular weight excluding hydrogens is 244 g/mol. The molecule has 2 atom stereocenters. The van der Waals surface area contributed by atoms with Gasteiger partial charge < -0.3 is 11.1 Å². The summed E-state index contributed by atoms with van der Waals surface area (Å²) < 4.78 is 0. The molecule has 1 amide bonds. The van der Waals surface area contributed by atoms with E-state index in [1.165, 1.54) is 10.4 Å². The Morgan fingerprint density at radius 2 is 2.50 bits per heavy atom. The van der Waals surface area contributed by atoms with Crippen molar-refractivity contribution >= 4 is 17.2 Å². The number of rotatable bonds is 5. The van der Waals surface area contributed by atoms with Crippen LogP contribution in [0.3, 0.4) is 0 Å². The van der Waals surface area contributed by atoms with Crippen molar-refractivity contribution in [2.75, 3.05) is 0 Å². The summed E-state index contributed by atoms with van der Waals surface area (Å²) in [7, 11) is 0. The Labute approximate surface area is 113 Å². The zero-order chi connectivity index (χ0) is 13.0. The van der Waals surface area contributed by atoms with E-state index in [2.05, 4.69) is 23.7 Å². The monoisotopic (exact) mass is 266 g/mol. The number of nitrogens with one attached hydrogen (secondary N) is 1. The molecule has 2 unspecified atom stereocenters. The smallest absolute Gasteiger partial charge is 0.237 e. The standard InChI is InChI=1S/C14H22N2OS/c1-2-3-5-11(15)14(17)16-12-6-4-7-13-10(12)8-9-18-13/h8-9,11-12H,2-7,15H2,1H3,(H,16,17). The van der Waals surface area contributed by atoms with Crippen LogP contribution in [-0.4, -0.2) is 11.9 Å². The highest BCUT2D eigenvalue weighted by atomic mass is 32.1. The maximum absolute atomic E-state index is 12.0. The number of hydrogen-bond acceptors (Lipinski definition) is 3. The maximum Gasteiger partial charge on any atom is 0.237 e. The van der Waals surface area contributed by atoms with E-state index < -0.39 is 0 Å². The third-order valence-electron chi connectivity index (χ3n) is 3.57. The molecule has 3 N–H and O–H groups in total. The highest BCUT2D eigenvalue weighted by Gasteiger charge is 2.24. The van der Waals surface area contributed by atoms with Gasteiger partial charge >= 0.3 is 0 Å². The summed E-state index contributed by atoms with van der Waals surface area (Å²) in [5.41, 5.74) is 7.21. The average Bonchev–Trinajstić information content (AvgIpc) is 2.85. The lowest BCUT2D eigenvalue weighted by Gasteiger charge is -2.25. The van der Waals surface area contributed by atoms with E-state index in [4.69, 9.17) is 5.73 Å². The normalized spacial score (nSPS) is 20.2. The second kappa shape index (κ2) is 6.34. The van der Waals surface area contributed by atoms with Crippen LogP contribution < -0.4 is 11.1 Å². The molecule has 4 heteroatoms. The van der Waals surface area contributed by atoms with Crippen molar-refractivity contribution in [3.05, 3.63) is 21.9 Å². The number of thiophene rings is 1. The zero-order valence-electron chi connectivity index (χ0n) is 10.9. The fourth-order valence-electron chi connectivity index (χ4n) is 2.47. The number of amides is 1. The molecule has 0 fully saturated rings. The van der Waals surface area contributed by atoms with Crippen molar-refractivity contribution in [1.29, 1.82) is 0 Å². The van der Waals surface area contributed by atoms with Crippen LogP contribution in [0.1, 0.15) is 55.5 Å². The van der Waals surface area contributed by atoms with Gasteiger partial charge in [0, 0.05) is 4.88 Å². The highest BCUT2D eigenvalue weighted by molar-refractivity contribution is 7.10. The van der Waals surface area contributed by atoms with E-state index in [-0.39, 0.29) is 18.0 Å². The first-order valence-electron chi connectivity index (χ1n) is 6.84. The Balaban J connectivity index is 1.93. The van der Waals surface area contributed by atoms with Crippen LogP contribution in [0.15, 0.2) is 11.4 Å². The van der Waals surface area contributed by atoms with Gasteiger partial charge in [-0.15, -0.1) is 11.3 Å². The molecule has 1 aliphatic carbocycles. The van der Waals surface area contributed by atoms with E-state index in [0.717, 1.165) is 38.5 Å². The average molecular weight is 266 g/mol. The third kappa shape index (κ3) is 3.12. The second-order valence-corrected chi connectivity index (χ2v) is 6.00. The first-order valence-corrected chi connectivity index (χ1v) is 7.72. The maximum atomic E-state index is 12.0. The number of unbranched alkanes of at least 4 members (excludes halogenated alkanes) is 1. The Morgan fingerprint density at radius 1 is 1.67 bits per heavy atom. The van der Waals surface area contributed by atoms with Crippen LogP contribution >= 0.6 is 11.3 Å². The van der Waals surface area contributed by atoms with Gasteiger partial charge in [-0.25, -0.2) is 0 Å². The van der Waals surface area contributed by atoms with Crippen LogP contribution in [-0.2, 0) is 11.2 Å². The van der Waals surface area contributed by atoms with E-state index in [9.17, 15) is 4.79 Å². The molecule has 2 rings (SSSR count). The molecule has 3 nitrogen and oxygen atoms in total. The minimum Gasteiger partial charge on any atom is -0.348 e. The summed E-state index contributed by atoms with van der Waals surface area (Å²) in [4.78, 5) is 13.4. The largest absolute Gasteiger partial charge is 0.348 e. The highest BCUT2D eigenvalue weighted by Crippen LogP contribution is 2.33. The van der Waals surface area contributed by atoms with Crippen molar-refractivity contribution in [3.8, 4) is 0 Å². The Kier molecular flexibility index (Phi) is 4.78. The van der Waals surface area contributed by atoms with E-state index in [0.29, 0.717) is 0 Å². The van der Waals surface area contributed by atoms with Gasteiger partial charge in [0.25, 0.3) is 0 Å². The van der Waals surface area contributed by atoms with Crippen molar-refractivity contribution in [2.45, 2.75) is 57.5 Å². The van der Waals surface area contributed by atoms with Gasteiger partial charge in [0.05, 0.1) is 12.1 Å². The van der Waals surface area contributed by atoms with Gasteiger partial charge in [-0.05, 0) is 42.7 Å². The molecule has 0 spiro atoms. The molecule has 100 valence electrons. The van der Waals surface area contributed by atoms with Crippen LogP contribution in [0.5, 0.6) is 0 Å². The summed E-state index contributed by atoms with van der Waals surface area (Å²) in [6, 6.07) is 1.97. The van der Waals surface area contributed by atoms with Crippen molar-refractivity contribution in [2.24, 2.45) is 5.73 Å². The molecule has 1 aromatic heterocycles. The third-order valence-corrected chi connectivity index (χ3v) is 4.57. The summed E-state index contributed by atoms with van der Waals surface area (Å²) >= 11 is 1.80. The first-order chi connectivity index (χ1) is 8.72. The molecule has 0 aliphatic heterocycles. The van der Waals surface area contributed by atoms with E-state index >= 15 is 0 Å². The first kappa shape index (κ1) is 13.6. The number of carbonyl (C=O) groups is 1. The summed E-state index contributed by atoms with van der Waals surface area (Å²) in [6.07, 6.45) is 6.23. The van der Waals surface area contributed by atoms with Crippen LogP contribution in [0.25, 0.3) is 0 Å². The number of carbonyl (C=O) groups excluding carboxylic acids is 1. The molecule has 18 heavy (non-hydrogen) atoms. The topological polar surface area (TPSA) is 55.1 Å². The number of fused-ring (bicyclic) bond motifs is 1.